The van der Waals surface area contributed by atoms with Gasteiger partial charge in [-0.3, -0.25) is 19.2 Å². The predicted molar refractivity (Wildman–Crippen MR) is 596 cm³/mol. The summed E-state index contributed by atoms with van der Waals surface area (Å²) >= 11 is 35.9. The van der Waals surface area contributed by atoms with Crippen LogP contribution in [0.2, 0.25) is 75.0 Å². The third kappa shape index (κ3) is 46.0. The second-order valence-corrected chi connectivity index (χ2v) is 63.9. The quantitative estimate of drug-likeness (QED) is 0.00388. The fourth-order valence-electron chi connectivity index (χ4n) is 13.1. The van der Waals surface area contributed by atoms with Crippen molar-refractivity contribution in [2.24, 2.45) is 44.5 Å². The van der Waals surface area contributed by atoms with Crippen molar-refractivity contribution in [3.63, 3.8) is 0 Å². The molecule has 0 saturated heterocycles. The molecule has 0 spiro atoms. The number of thiophene rings is 5. The summed E-state index contributed by atoms with van der Waals surface area (Å²) in [4.78, 5) is 98.5. The van der Waals surface area contributed by atoms with E-state index in [4.69, 9.17) is 87.9 Å². The number of rotatable bonds is 28. The van der Waals surface area contributed by atoms with Gasteiger partial charge in [0.05, 0.1) is 84.6 Å². The van der Waals surface area contributed by atoms with Crippen molar-refractivity contribution < 1.29 is 74.5 Å². The van der Waals surface area contributed by atoms with Gasteiger partial charge in [-0.1, -0.05) is 175 Å². The van der Waals surface area contributed by atoms with Crippen LogP contribution in [0.25, 0.3) is 0 Å². The second kappa shape index (κ2) is 66.6. The zero-order chi connectivity index (χ0) is 109. The molecule has 0 bridgehead atoms. The van der Waals surface area contributed by atoms with Crippen LogP contribution in [0.3, 0.4) is 0 Å². The molecule has 2 saturated carbocycles. The predicted octanol–water partition coefficient (Wildman–Crippen LogP) is 28.0. The van der Waals surface area contributed by atoms with Gasteiger partial charge < -0.3 is 44.5 Å². The average molecular weight is 2430 g/mol. The van der Waals surface area contributed by atoms with Crippen molar-refractivity contribution in [2.45, 2.75) is 290 Å². The van der Waals surface area contributed by atoms with Gasteiger partial charge in [0, 0.05) is 99.3 Å². The number of hydrogen-bond acceptors (Lipinski definition) is 33. The molecule has 0 aromatic carbocycles. The Morgan fingerprint density at radius 2 is 0.909 bits per heavy atom. The first kappa shape index (κ1) is 134. The van der Waals surface area contributed by atoms with E-state index in [9.17, 15) is 29.4 Å². The Kier molecular flexibility index (Phi) is 62.4. The van der Waals surface area contributed by atoms with Crippen LogP contribution in [-0.2, 0) is 78.0 Å². The van der Waals surface area contributed by atoms with E-state index in [1.54, 1.807) is 42.1 Å². The molecule has 0 aliphatic heterocycles. The van der Waals surface area contributed by atoms with Gasteiger partial charge in [-0.15, -0.1) is 56.7 Å². The second-order valence-electron chi connectivity index (χ2n) is 37.6. The molecule has 7 atom stereocenters. The Hall–Kier alpha value is -5.06. The Labute approximate surface area is 923 Å². The third-order valence-corrected chi connectivity index (χ3v) is 46.3. The first-order chi connectivity index (χ1) is 66.8. The van der Waals surface area contributed by atoms with Crippen LogP contribution in [-0.4, -0.2) is 155 Å². The number of nitrogens with one attached hydrogen (secondary N) is 2. The fraction of sp³-hybridized carbons (Fsp3) is 0.537. The molecule has 793 valence electrons. The van der Waals surface area contributed by atoms with Crippen LogP contribution in [0.5, 0.6) is 0 Å². The number of carbonyl (C=O) groups excluding carboxylic acids is 4. The molecule has 12 rings (SSSR count). The SMILES string of the molecule is CCN(CC)CC.CC[C@H]1C[C@@H](N)C[C@@H]1C.CC[C@H]1C[C@@H](Nc2ncncc2C(=O)c2cc(CO)c(C)s2)C[C@@H]1C.Cc1sc(C(=O)c2cncnc2Cl)cc1CO.Cc1sc(C(=O)c2cncnc2Cl)cc1CO[Si](C)(C)C(C)(C)C.Cc1sc(C(O)c2cncnc2Cl)cc1CO[Si](C)(C)C(C)(C)C.Cc1sc(C=O)cc1CO[Si](C)(C)C(C)(C)C.Clc1ncncc1I.N=NN=NCl.O=S(Cl)Cl.[O]=[Mn]=[O]. The van der Waals surface area contributed by atoms with Crippen molar-refractivity contribution >= 4 is 222 Å². The molecular weight excluding hydrogens is 2290 g/mol. The molecule has 10 aromatic heterocycles. The molecule has 2 aliphatic rings. The summed E-state index contributed by atoms with van der Waals surface area (Å²) in [5.41, 5.74) is 18.2. The maximum atomic E-state index is 12.9. The van der Waals surface area contributed by atoms with Crippen molar-refractivity contribution in [2.75, 3.05) is 25.0 Å². The Morgan fingerprint density at radius 3 is 1.22 bits per heavy atom. The van der Waals surface area contributed by atoms with Crippen molar-refractivity contribution in [1.82, 2.24) is 54.7 Å². The Morgan fingerprint density at radius 1 is 0.559 bits per heavy atom. The summed E-state index contributed by atoms with van der Waals surface area (Å²) in [6.07, 6.45) is 21.9. The number of halogens is 8. The number of anilines is 1. The minimum atomic E-state index is -1.82. The monoisotopic (exact) mass is 2430 g/mol. The van der Waals surface area contributed by atoms with E-state index in [1.807, 2.05) is 52.8 Å². The first-order valence-electron chi connectivity index (χ1n) is 45.7. The number of aliphatic hydroxyl groups excluding tert-OH is 3. The molecule has 143 heavy (non-hydrogen) atoms. The number of aliphatic hydroxyl groups is 3. The van der Waals surface area contributed by atoms with Crippen molar-refractivity contribution in [3.8, 4) is 0 Å². The van der Waals surface area contributed by atoms with Crippen LogP contribution in [0.15, 0.2) is 108 Å². The summed E-state index contributed by atoms with van der Waals surface area (Å²) in [5, 5.41) is 39.3. The number of aldehydes is 1. The van der Waals surface area contributed by atoms with Gasteiger partial charge in [0.15, 0.2) is 31.2 Å². The van der Waals surface area contributed by atoms with Gasteiger partial charge >= 0.3 is 22.5 Å². The van der Waals surface area contributed by atoms with Crippen LogP contribution >= 0.6 is 159 Å². The molecule has 2 fully saturated rings. The number of hydrogen-bond donors (Lipinski definition) is 6. The van der Waals surface area contributed by atoms with Crippen molar-refractivity contribution in [3.05, 3.63) is 216 Å². The topological polar surface area (TPSA) is 439 Å². The van der Waals surface area contributed by atoms with Crippen LogP contribution in [0.4, 0.5) is 5.82 Å². The molecule has 7 N–H and O–H groups in total. The number of aromatic nitrogens is 10. The number of nitrogens with two attached hydrogens (primary N) is 1. The average Bonchev–Trinajstić information content (AvgIpc) is 1.66. The molecule has 30 nitrogen and oxygen atoms in total. The number of aryl methyl sites for hydroxylation is 5. The molecule has 48 heteroatoms. The van der Waals surface area contributed by atoms with E-state index >= 15 is 0 Å². The van der Waals surface area contributed by atoms with Crippen molar-refractivity contribution in [1.29, 1.82) is 5.53 Å². The van der Waals surface area contributed by atoms with E-state index in [2.05, 4.69) is 281 Å². The summed E-state index contributed by atoms with van der Waals surface area (Å²) in [6.45, 7) is 64.2. The summed E-state index contributed by atoms with van der Waals surface area (Å²) in [5.74, 6) is 3.38. The maximum absolute atomic E-state index is 12.9. The Bertz CT molecular complexity index is 5660. The normalized spacial score (nSPS) is 15.6. The van der Waals surface area contributed by atoms with Crippen LogP contribution in [0.1, 0.15) is 273 Å². The number of carbonyl (C=O) groups is 4. The van der Waals surface area contributed by atoms with Gasteiger partial charge in [-0.05, 0) is 249 Å². The number of nitrogens with zero attached hydrogens (tertiary/aromatic N) is 14. The van der Waals surface area contributed by atoms with Gasteiger partial charge in [0.2, 0.25) is 26.6 Å². The standard InChI is InChI=1S/C19H25N3O2S.C17H25ClN2O2SSi.C17H23ClN2O2SSi.C13H22O2SSi.C11H9ClN2O2S.C8H17N.C6H15N.C4H2ClIN2.Cl2OS.ClHN4.Mn.2O/c1-4-13-6-15(5-11(13)2)22-19-16(8-20-10-21-19)18(24)17-7-14(9-23)12(3)25-17;2*1-11-12(9-22-24(5,6)17(2,3)4)7-14(23-11)15(21)13-8-19-10-20-16(13)18;1-10-11(7-12(8-14)16-10)9-15-17(5,6)13(2,3)4;1-6-7(4-15)2-9(17-6)10(16)8-3-13-5-14-11(8)12;1-3-7-5-8(9)4-6(7)2;1-4-7(5-2)6-3;5-4-3(6)1-7-2-8-4;1-4(2)3;1-3-5-4-2;;;/h7-8,10-11,13,15,23H,4-6,9H2,1-3H3,(H,20,21,22);7-8,10,15,21H,9H2,1-6H3;7-8,10H,9H2,1-6H3;7-8H,9H2,1-6H3;2-3,5,15H,4H2,1H3;6-8H,3-5,9H2,1-2H3;4-6H2,1-3H3;1-2H;;2H;;;/t11-,13-,15-;;;;;6-,7-,8-;;;;;;;/m0....0......./s1. The van der Waals surface area contributed by atoms with E-state index in [0.29, 0.717) is 80.1 Å². The zero-order valence-corrected chi connectivity index (χ0v) is 103. The van der Waals surface area contributed by atoms with E-state index in [0.717, 1.165) is 97.5 Å². The summed E-state index contributed by atoms with van der Waals surface area (Å²) in [6, 6.07) is 10.1. The molecule has 1 unspecified atom stereocenters. The molecule has 10 aromatic rings. The van der Waals surface area contributed by atoms with Gasteiger partial charge in [-0.2, -0.15) is 5.53 Å². The fourth-order valence-corrected chi connectivity index (χ4v) is 21.8. The third-order valence-electron chi connectivity index (χ3n) is 25.0. The minimum absolute atomic E-state index is 0.0512. The van der Waals surface area contributed by atoms with Gasteiger partial charge in [-0.25, -0.2) is 54.0 Å². The number of ketones is 3. The molecule has 10 heterocycles. The molecular formula is C95H139Cl7IMnN17O13S6Si3. The molecule has 0 radical (unpaired) electrons. The van der Waals surface area contributed by atoms with Crippen LogP contribution < -0.4 is 11.1 Å². The Balaban J connectivity index is 0.000000558. The summed E-state index contributed by atoms with van der Waals surface area (Å²) < 4.78 is 48.1. The zero-order valence-electron chi connectivity index (χ0n) is 86.3. The molecule has 2 aliphatic carbocycles. The van der Waals surface area contributed by atoms with Gasteiger partial charge in [0.1, 0.15) is 64.2 Å². The van der Waals surface area contributed by atoms with Gasteiger partial charge in [0.25, 0.3) is 0 Å². The summed E-state index contributed by atoms with van der Waals surface area (Å²) in [7, 11) is 2.04. The first-order valence-corrected chi connectivity index (χ1v) is 65.2. The van der Waals surface area contributed by atoms with E-state index < -0.39 is 55.1 Å². The van der Waals surface area contributed by atoms with E-state index in [-0.39, 0.29) is 66.7 Å². The van der Waals surface area contributed by atoms with E-state index in [1.165, 1.54) is 140 Å². The van der Waals surface area contributed by atoms with Crippen LogP contribution in [0, 0.1) is 67.4 Å². The molecule has 0 amide bonds.